The van der Waals surface area contributed by atoms with E-state index in [9.17, 15) is 9.18 Å². The van der Waals surface area contributed by atoms with Crippen LogP contribution in [-0.2, 0) is 11.3 Å². The van der Waals surface area contributed by atoms with E-state index in [1.165, 1.54) is 12.1 Å². The van der Waals surface area contributed by atoms with E-state index in [0.29, 0.717) is 35.3 Å². The van der Waals surface area contributed by atoms with Gasteiger partial charge in [-0.05, 0) is 29.8 Å². The van der Waals surface area contributed by atoms with Crippen LogP contribution in [0.5, 0.6) is 11.5 Å². The number of rotatable bonds is 4. The molecule has 130 valence electrons. The van der Waals surface area contributed by atoms with Gasteiger partial charge in [-0.3, -0.25) is 4.79 Å². The number of nitrogens with one attached hydrogen (secondary N) is 1. The van der Waals surface area contributed by atoms with Gasteiger partial charge in [0.15, 0.2) is 11.5 Å². The fourth-order valence-corrected chi connectivity index (χ4v) is 2.68. The maximum Gasteiger partial charge on any atom is 0.244 e. The van der Waals surface area contributed by atoms with Crippen molar-refractivity contribution in [3.63, 3.8) is 0 Å². The van der Waals surface area contributed by atoms with Gasteiger partial charge in [0.1, 0.15) is 5.82 Å². The number of fused-ring (bicyclic) bond motifs is 1. The molecule has 2 aromatic carbocycles. The molecule has 3 rings (SSSR count). The molecule has 0 saturated heterocycles. The number of carbonyl (C=O) groups is 1. The minimum Gasteiger partial charge on any atom is -0.489 e. The lowest BCUT2D eigenvalue weighted by Gasteiger charge is -2.10. The third kappa shape index (κ3) is 4.51. The van der Waals surface area contributed by atoms with E-state index >= 15 is 0 Å². The second-order valence-corrected chi connectivity index (χ2v) is 5.93. The first-order valence-corrected chi connectivity index (χ1v) is 8.30. The maximum absolute atomic E-state index is 13.5. The maximum atomic E-state index is 13.5. The molecule has 1 aliphatic rings. The van der Waals surface area contributed by atoms with Gasteiger partial charge in [-0.25, -0.2) is 4.39 Å². The predicted octanol–water partition coefficient (Wildman–Crippen LogP) is 3.97. The number of hydrogen-bond acceptors (Lipinski definition) is 3. The van der Waals surface area contributed by atoms with Crippen LogP contribution in [0.4, 0.5) is 4.39 Å². The van der Waals surface area contributed by atoms with Gasteiger partial charge in [-0.2, -0.15) is 0 Å². The van der Waals surface area contributed by atoms with E-state index in [0.717, 1.165) is 12.0 Å². The second kappa shape index (κ2) is 8.03. The molecule has 6 heteroatoms. The molecule has 0 saturated carbocycles. The predicted molar refractivity (Wildman–Crippen MR) is 94.3 cm³/mol. The van der Waals surface area contributed by atoms with Gasteiger partial charge in [0.05, 0.1) is 18.2 Å². The molecule has 1 amide bonds. The lowest BCUT2D eigenvalue weighted by molar-refractivity contribution is -0.116. The fraction of sp³-hybridized carbons (Fsp3) is 0.211. The first-order chi connectivity index (χ1) is 12.1. The number of amides is 1. The van der Waals surface area contributed by atoms with Crippen molar-refractivity contribution < 1.29 is 18.7 Å². The number of carbonyl (C=O) groups excluding carboxylic acids is 1. The molecule has 2 aromatic rings. The van der Waals surface area contributed by atoms with Crippen LogP contribution in [0, 0.1) is 5.82 Å². The van der Waals surface area contributed by atoms with Gasteiger partial charge in [0, 0.05) is 24.6 Å². The first-order valence-electron chi connectivity index (χ1n) is 7.92. The highest BCUT2D eigenvalue weighted by atomic mass is 35.5. The molecule has 0 aromatic heterocycles. The van der Waals surface area contributed by atoms with E-state index in [1.807, 2.05) is 0 Å². The molecular formula is C19H17ClFNO3. The van der Waals surface area contributed by atoms with Crippen LogP contribution in [0.15, 0.2) is 42.5 Å². The molecule has 1 N–H and O–H groups in total. The summed E-state index contributed by atoms with van der Waals surface area (Å²) in [4.78, 5) is 11.9. The fourth-order valence-electron chi connectivity index (χ4n) is 2.40. The Labute approximate surface area is 150 Å². The Kier molecular flexibility index (Phi) is 5.56. The summed E-state index contributed by atoms with van der Waals surface area (Å²) in [6.07, 6.45) is 3.78. The number of halogens is 2. The quantitative estimate of drug-likeness (QED) is 0.838. The molecular weight excluding hydrogens is 345 g/mol. The van der Waals surface area contributed by atoms with E-state index < -0.39 is 0 Å². The van der Waals surface area contributed by atoms with Gasteiger partial charge in [-0.15, -0.1) is 0 Å². The summed E-state index contributed by atoms with van der Waals surface area (Å²) in [6, 6.07) is 9.79. The Morgan fingerprint density at radius 3 is 2.88 bits per heavy atom. The van der Waals surface area contributed by atoms with E-state index in [4.69, 9.17) is 21.1 Å². The second-order valence-electron chi connectivity index (χ2n) is 5.52. The van der Waals surface area contributed by atoms with Gasteiger partial charge in [-0.1, -0.05) is 29.8 Å². The third-order valence-electron chi connectivity index (χ3n) is 3.66. The first kappa shape index (κ1) is 17.3. The standard InChI is InChI=1S/C19H17ClFNO3/c20-15-10-13(11-17-19(15)25-9-3-8-24-17)6-7-18(23)22-12-14-4-1-2-5-16(14)21/h1-2,4-7,10-11H,3,8-9,12H2,(H,22,23)/b7-6+. The summed E-state index contributed by atoms with van der Waals surface area (Å²) >= 11 is 6.21. The van der Waals surface area contributed by atoms with Crippen LogP contribution in [0.1, 0.15) is 17.5 Å². The topological polar surface area (TPSA) is 47.6 Å². The lowest BCUT2D eigenvalue weighted by atomic mass is 10.1. The minimum atomic E-state index is -0.346. The van der Waals surface area contributed by atoms with E-state index in [1.54, 1.807) is 36.4 Å². The van der Waals surface area contributed by atoms with E-state index in [-0.39, 0.29) is 18.3 Å². The Balaban J connectivity index is 1.65. The van der Waals surface area contributed by atoms with Crippen molar-refractivity contribution in [3.05, 3.63) is 64.4 Å². The molecule has 0 atom stereocenters. The van der Waals surface area contributed by atoms with Gasteiger partial charge >= 0.3 is 0 Å². The molecule has 4 nitrogen and oxygen atoms in total. The Morgan fingerprint density at radius 1 is 1.24 bits per heavy atom. The SMILES string of the molecule is O=C(/C=C/c1cc(Cl)c2c(c1)OCCCO2)NCc1ccccc1F. The zero-order valence-corrected chi connectivity index (χ0v) is 14.2. The highest BCUT2D eigenvalue weighted by Gasteiger charge is 2.14. The van der Waals surface area contributed by atoms with Crippen LogP contribution < -0.4 is 14.8 Å². The summed E-state index contributed by atoms with van der Waals surface area (Å²) in [5.74, 6) is 0.421. The molecule has 0 aliphatic carbocycles. The van der Waals surface area contributed by atoms with Gasteiger partial charge < -0.3 is 14.8 Å². The third-order valence-corrected chi connectivity index (χ3v) is 3.94. The normalized spacial score (nSPS) is 13.5. The Morgan fingerprint density at radius 2 is 2.04 bits per heavy atom. The molecule has 0 bridgehead atoms. The number of benzene rings is 2. The van der Waals surface area contributed by atoms with Gasteiger partial charge in [0.2, 0.25) is 5.91 Å². The van der Waals surface area contributed by atoms with Crippen LogP contribution in [0.25, 0.3) is 6.08 Å². The number of hydrogen-bond donors (Lipinski definition) is 1. The monoisotopic (exact) mass is 361 g/mol. The van der Waals surface area contributed by atoms with Crippen molar-refractivity contribution in [2.24, 2.45) is 0 Å². The summed E-state index contributed by atoms with van der Waals surface area (Å²) in [6.45, 7) is 1.23. The molecule has 0 radical (unpaired) electrons. The van der Waals surface area contributed by atoms with Gasteiger partial charge in [0.25, 0.3) is 0 Å². The largest absolute Gasteiger partial charge is 0.489 e. The average molecular weight is 362 g/mol. The van der Waals surface area contributed by atoms with Crippen molar-refractivity contribution in [2.75, 3.05) is 13.2 Å². The van der Waals surface area contributed by atoms with Crippen molar-refractivity contribution >= 4 is 23.6 Å². The zero-order valence-electron chi connectivity index (χ0n) is 13.4. The van der Waals surface area contributed by atoms with Crippen molar-refractivity contribution in [1.29, 1.82) is 0 Å². The van der Waals surface area contributed by atoms with Crippen molar-refractivity contribution in [2.45, 2.75) is 13.0 Å². The average Bonchev–Trinajstić information content (AvgIpc) is 2.85. The molecule has 1 heterocycles. The van der Waals surface area contributed by atoms with Crippen LogP contribution in [-0.4, -0.2) is 19.1 Å². The Bertz CT molecular complexity index is 807. The smallest absolute Gasteiger partial charge is 0.244 e. The lowest BCUT2D eigenvalue weighted by Crippen LogP contribution is -2.20. The van der Waals surface area contributed by atoms with E-state index in [2.05, 4.69) is 5.32 Å². The summed E-state index contributed by atoms with van der Waals surface area (Å²) < 4.78 is 24.7. The molecule has 0 fully saturated rings. The van der Waals surface area contributed by atoms with Crippen molar-refractivity contribution in [3.8, 4) is 11.5 Å². The highest BCUT2D eigenvalue weighted by molar-refractivity contribution is 6.32. The highest BCUT2D eigenvalue weighted by Crippen LogP contribution is 2.38. The molecule has 0 spiro atoms. The zero-order chi connectivity index (χ0) is 17.6. The van der Waals surface area contributed by atoms with Crippen LogP contribution in [0.3, 0.4) is 0 Å². The van der Waals surface area contributed by atoms with Crippen molar-refractivity contribution in [1.82, 2.24) is 5.32 Å². The summed E-state index contributed by atoms with van der Waals surface area (Å²) in [5.41, 5.74) is 1.15. The summed E-state index contributed by atoms with van der Waals surface area (Å²) in [5, 5.41) is 3.08. The Hall–Kier alpha value is -2.53. The minimum absolute atomic E-state index is 0.123. The molecule has 1 aliphatic heterocycles. The summed E-state index contributed by atoms with van der Waals surface area (Å²) in [7, 11) is 0. The molecule has 0 unspecified atom stereocenters. The van der Waals surface area contributed by atoms with Crippen LogP contribution in [0.2, 0.25) is 5.02 Å². The molecule has 25 heavy (non-hydrogen) atoms. The van der Waals surface area contributed by atoms with Crippen LogP contribution >= 0.6 is 11.6 Å². The number of ether oxygens (including phenoxy) is 2.